The number of aryl methyl sites for hydroxylation is 1. The third-order valence-electron chi connectivity index (χ3n) is 3.11. The number of hydrazone groups is 1. The quantitative estimate of drug-likeness (QED) is 0.668. The number of carbonyl (C=O) groups is 1. The van der Waals surface area contributed by atoms with Gasteiger partial charge in [0.05, 0.1) is 5.71 Å². The molecular formula is C17H18N2O2. The number of carbonyl (C=O) groups excluding carboxylic acids is 1. The molecule has 0 heterocycles. The van der Waals surface area contributed by atoms with E-state index in [9.17, 15) is 9.90 Å². The fourth-order valence-corrected chi connectivity index (χ4v) is 1.97. The van der Waals surface area contributed by atoms with Crippen LogP contribution in [0.25, 0.3) is 0 Å². The Morgan fingerprint density at radius 2 is 1.86 bits per heavy atom. The van der Waals surface area contributed by atoms with Crippen molar-refractivity contribution in [3.8, 4) is 5.75 Å². The molecular weight excluding hydrogens is 264 g/mol. The lowest BCUT2D eigenvalue weighted by molar-refractivity contribution is 0.0954. The van der Waals surface area contributed by atoms with E-state index in [2.05, 4.69) is 10.5 Å². The summed E-state index contributed by atoms with van der Waals surface area (Å²) in [6.45, 7) is 3.90. The number of hydrogen-bond acceptors (Lipinski definition) is 3. The minimum Gasteiger partial charge on any atom is -0.508 e. The normalized spacial score (nSPS) is 11.2. The maximum absolute atomic E-state index is 12.0. The summed E-state index contributed by atoms with van der Waals surface area (Å²) in [4.78, 5) is 12.0. The van der Waals surface area contributed by atoms with Crippen LogP contribution >= 0.6 is 0 Å². The first-order valence-corrected chi connectivity index (χ1v) is 6.83. The van der Waals surface area contributed by atoms with Gasteiger partial charge in [-0.2, -0.15) is 5.10 Å². The number of nitrogens with one attached hydrogen (secondary N) is 1. The van der Waals surface area contributed by atoms with Crippen molar-refractivity contribution < 1.29 is 9.90 Å². The van der Waals surface area contributed by atoms with Crippen molar-refractivity contribution >= 4 is 11.6 Å². The molecule has 2 aromatic carbocycles. The van der Waals surface area contributed by atoms with Crippen LogP contribution < -0.4 is 5.43 Å². The standard InChI is InChI=1S/C17H18N2O2/c1-3-16(13-7-9-15(20)10-8-13)18-19-17(21)14-6-4-5-12(2)11-14/h4-11,20H,3H2,1-2H3,(H,19,21). The fraction of sp³-hybridized carbons (Fsp3) is 0.176. The molecule has 0 saturated heterocycles. The van der Waals surface area contributed by atoms with E-state index in [0.717, 1.165) is 16.8 Å². The van der Waals surface area contributed by atoms with Crippen molar-refractivity contribution in [2.24, 2.45) is 5.10 Å². The van der Waals surface area contributed by atoms with Crippen molar-refractivity contribution in [3.05, 3.63) is 65.2 Å². The molecule has 0 aliphatic carbocycles. The molecule has 0 atom stereocenters. The second kappa shape index (κ2) is 6.70. The van der Waals surface area contributed by atoms with Gasteiger partial charge in [-0.15, -0.1) is 0 Å². The first-order valence-electron chi connectivity index (χ1n) is 6.83. The second-order valence-corrected chi connectivity index (χ2v) is 4.77. The Balaban J connectivity index is 2.14. The van der Waals surface area contributed by atoms with E-state index in [1.165, 1.54) is 0 Å². The molecule has 108 valence electrons. The lowest BCUT2D eigenvalue weighted by atomic mass is 10.1. The molecule has 2 N–H and O–H groups in total. The van der Waals surface area contributed by atoms with E-state index in [1.54, 1.807) is 30.3 Å². The smallest absolute Gasteiger partial charge is 0.271 e. The average Bonchev–Trinajstić information content (AvgIpc) is 2.49. The second-order valence-electron chi connectivity index (χ2n) is 4.77. The number of phenols is 1. The number of nitrogens with zero attached hydrogens (tertiary/aromatic N) is 1. The molecule has 2 rings (SSSR count). The Kier molecular flexibility index (Phi) is 4.72. The van der Waals surface area contributed by atoms with Gasteiger partial charge in [0.2, 0.25) is 0 Å². The van der Waals surface area contributed by atoms with Gasteiger partial charge in [0.1, 0.15) is 5.75 Å². The van der Waals surface area contributed by atoms with Gasteiger partial charge >= 0.3 is 0 Å². The zero-order valence-corrected chi connectivity index (χ0v) is 12.1. The lowest BCUT2D eigenvalue weighted by Crippen LogP contribution is -2.20. The minimum atomic E-state index is -0.233. The highest BCUT2D eigenvalue weighted by atomic mass is 16.3. The van der Waals surface area contributed by atoms with Crippen molar-refractivity contribution in [2.45, 2.75) is 20.3 Å². The van der Waals surface area contributed by atoms with Gasteiger partial charge in [0.25, 0.3) is 5.91 Å². The summed E-state index contributed by atoms with van der Waals surface area (Å²) in [7, 11) is 0. The molecule has 0 aromatic heterocycles. The summed E-state index contributed by atoms with van der Waals surface area (Å²) < 4.78 is 0. The van der Waals surface area contributed by atoms with Gasteiger partial charge in [-0.25, -0.2) is 5.43 Å². The van der Waals surface area contributed by atoms with Crippen molar-refractivity contribution in [1.29, 1.82) is 0 Å². The highest BCUT2D eigenvalue weighted by molar-refractivity contribution is 6.02. The van der Waals surface area contributed by atoms with Crippen LogP contribution in [0.3, 0.4) is 0 Å². The lowest BCUT2D eigenvalue weighted by Gasteiger charge is -2.06. The van der Waals surface area contributed by atoms with Crippen LogP contribution in [-0.4, -0.2) is 16.7 Å². The molecule has 21 heavy (non-hydrogen) atoms. The van der Waals surface area contributed by atoms with Crippen molar-refractivity contribution in [2.75, 3.05) is 0 Å². The number of aromatic hydroxyl groups is 1. The van der Waals surface area contributed by atoms with E-state index in [-0.39, 0.29) is 11.7 Å². The molecule has 1 amide bonds. The highest BCUT2D eigenvalue weighted by Gasteiger charge is 2.06. The van der Waals surface area contributed by atoms with Gasteiger partial charge in [-0.3, -0.25) is 4.79 Å². The summed E-state index contributed by atoms with van der Waals surface area (Å²) in [6.07, 6.45) is 0.679. The predicted molar refractivity (Wildman–Crippen MR) is 83.6 cm³/mol. The zero-order chi connectivity index (χ0) is 15.2. The molecule has 4 heteroatoms. The van der Waals surface area contributed by atoms with Crippen LogP contribution in [-0.2, 0) is 0 Å². The number of phenolic OH excluding ortho intramolecular Hbond substituents is 1. The van der Waals surface area contributed by atoms with Crippen LogP contribution in [0.1, 0.15) is 34.8 Å². The molecule has 0 spiro atoms. The Labute approximate surface area is 124 Å². The summed E-state index contributed by atoms with van der Waals surface area (Å²) in [6, 6.07) is 14.1. The molecule has 2 aromatic rings. The van der Waals surface area contributed by atoms with Crippen LogP contribution in [0.4, 0.5) is 0 Å². The van der Waals surface area contributed by atoms with Crippen molar-refractivity contribution in [3.63, 3.8) is 0 Å². The third-order valence-corrected chi connectivity index (χ3v) is 3.11. The van der Waals surface area contributed by atoms with Crippen LogP contribution in [0, 0.1) is 6.92 Å². The number of hydrogen-bond donors (Lipinski definition) is 2. The topological polar surface area (TPSA) is 61.7 Å². The number of rotatable bonds is 4. The molecule has 0 bridgehead atoms. The van der Waals surface area contributed by atoms with Gasteiger partial charge in [0.15, 0.2) is 0 Å². The fourth-order valence-electron chi connectivity index (χ4n) is 1.97. The van der Waals surface area contributed by atoms with Gasteiger partial charge in [0, 0.05) is 5.56 Å². The molecule has 0 radical (unpaired) electrons. The SMILES string of the molecule is CCC(=NNC(=O)c1cccc(C)c1)c1ccc(O)cc1. The summed E-state index contributed by atoms with van der Waals surface area (Å²) in [5, 5.41) is 13.5. The highest BCUT2D eigenvalue weighted by Crippen LogP contribution is 2.12. The first kappa shape index (κ1) is 14.8. The molecule has 4 nitrogen and oxygen atoms in total. The van der Waals surface area contributed by atoms with Crippen molar-refractivity contribution in [1.82, 2.24) is 5.43 Å². The van der Waals surface area contributed by atoms with E-state index in [4.69, 9.17) is 0 Å². The maximum atomic E-state index is 12.0. The largest absolute Gasteiger partial charge is 0.508 e. The number of benzene rings is 2. The molecule has 0 unspecified atom stereocenters. The minimum absolute atomic E-state index is 0.206. The van der Waals surface area contributed by atoms with Crippen LogP contribution in [0.5, 0.6) is 5.75 Å². The van der Waals surface area contributed by atoms with Gasteiger partial charge in [-0.1, -0.05) is 24.6 Å². The monoisotopic (exact) mass is 282 g/mol. The average molecular weight is 282 g/mol. The van der Waals surface area contributed by atoms with E-state index < -0.39 is 0 Å². The molecule has 0 fully saturated rings. The number of amides is 1. The van der Waals surface area contributed by atoms with Gasteiger partial charge in [-0.05, 0) is 55.3 Å². The summed E-state index contributed by atoms with van der Waals surface area (Å²) in [5.74, 6) is -0.0265. The Hall–Kier alpha value is -2.62. The van der Waals surface area contributed by atoms with Crippen LogP contribution in [0.2, 0.25) is 0 Å². The third kappa shape index (κ3) is 3.92. The maximum Gasteiger partial charge on any atom is 0.271 e. The van der Waals surface area contributed by atoms with Gasteiger partial charge < -0.3 is 5.11 Å². The van der Waals surface area contributed by atoms with E-state index in [1.807, 2.05) is 32.0 Å². The Morgan fingerprint density at radius 3 is 2.48 bits per heavy atom. The Morgan fingerprint density at radius 1 is 1.14 bits per heavy atom. The first-order chi connectivity index (χ1) is 10.1. The van der Waals surface area contributed by atoms with E-state index >= 15 is 0 Å². The summed E-state index contributed by atoms with van der Waals surface area (Å²) in [5.41, 5.74) is 5.82. The predicted octanol–water partition coefficient (Wildman–Crippen LogP) is 3.24. The summed E-state index contributed by atoms with van der Waals surface area (Å²) >= 11 is 0. The van der Waals surface area contributed by atoms with E-state index in [0.29, 0.717) is 12.0 Å². The Bertz CT molecular complexity index is 661. The molecule has 0 saturated carbocycles. The molecule has 0 aliphatic heterocycles. The van der Waals surface area contributed by atoms with Crippen LogP contribution in [0.15, 0.2) is 53.6 Å². The zero-order valence-electron chi connectivity index (χ0n) is 12.1. The molecule has 0 aliphatic rings.